The predicted molar refractivity (Wildman–Crippen MR) is 90.3 cm³/mol. The first kappa shape index (κ1) is 15.9. The maximum atomic E-state index is 12.3. The summed E-state index contributed by atoms with van der Waals surface area (Å²) in [6, 6.07) is 11.0. The molecule has 0 fully saturated rings. The highest BCUT2D eigenvalue weighted by atomic mass is 32.1. The molecule has 2 aromatic heterocycles. The van der Waals surface area contributed by atoms with E-state index in [0.717, 1.165) is 5.56 Å². The number of methoxy groups -OCH3 is 1. The van der Waals surface area contributed by atoms with E-state index in [4.69, 9.17) is 9.26 Å². The van der Waals surface area contributed by atoms with Crippen molar-refractivity contribution >= 4 is 28.2 Å². The molecule has 0 atom stereocenters. The van der Waals surface area contributed by atoms with Crippen LogP contribution in [0.2, 0.25) is 0 Å². The largest absolute Gasteiger partial charge is 0.465 e. The summed E-state index contributed by atoms with van der Waals surface area (Å²) >= 11 is 1.25. The molecule has 1 N–H and O–H groups in total. The van der Waals surface area contributed by atoms with Gasteiger partial charge in [-0.1, -0.05) is 35.5 Å². The first-order chi connectivity index (χ1) is 11.6. The second kappa shape index (κ2) is 6.67. The Morgan fingerprint density at radius 2 is 2.00 bits per heavy atom. The van der Waals surface area contributed by atoms with Crippen molar-refractivity contribution in [3.8, 4) is 11.1 Å². The fraction of sp³-hybridized carbons (Fsp3) is 0.118. The van der Waals surface area contributed by atoms with Gasteiger partial charge in [-0.05, 0) is 12.5 Å². The van der Waals surface area contributed by atoms with Gasteiger partial charge in [-0.2, -0.15) is 0 Å². The van der Waals surface area contributed by atoms with Gasteiger partial charge in [-0.25, -0.2) is 4.79 Å². The minimum Gasteiger partial charge on any atom is -0.465 e. The molecule has 0 radical (unpaired) electrons. The minimum absolute atomic E-state index is 0.151. The van der Waals surface area contributed by atoms with Crippen molar-refractivity contribution < 1.29 is 18.8 Å². The fourth-order valence-corrected chi connectivity index (χ4v) is 3.18. The van der Waals surface area contributed by atoms with Crippen LogP contribution in [0.1, 0.15) is 26.6 Å². The molecule has 0 spiro atoms. The number of aryl methyl sites for hydroxylation is 1. The van der Waals surface area contributed by atoms with E-state index in [0.29, 0.717) is 21.9 Å². The third-order valence-corrected chi connectivity index (χ3v) is 4.25. The van der Waals surface area contributed by atoms with Crippen LogP contribution in [0.4, 0.5) is 5.00 Å². The normalized spacial score (nSPS) is 10.4. The number of hydrogen-bond acceptors (Lipinski definition) is 6. The lowest BCUT2D eigenvalue weighted by Crippen LogP contribution is -2.14. The van der Waals surface area contributed by atoms with E-state index < -0.39 is 11.9 Å². The summed E-state index contributed by atoms with van der Waals surface area (Å²) < 4.78 is 9.77. The predicted octanol–water partition coefficient (Wildman–Crippen LogP) is 3.75. The van der Waals surface area contributed by atoms with Gasteiger partial charge in [0.15, 0.2) is 5.69 Å². The summed E-state index contributed by atoms with van der Waals surface area (Å²) in [7, 11) is 1.31. The zero-order valence-corrected chi connectivity index (χ0v) is 13.8. The highest BCUT2D eigenvalue weighted by molar-refractivity contribution is 7.15. The number of nitrogens with zero attached hydrogens (tertiary/aromatic N) is 1. The molecule has 7 heteroatoms. The number of rotatable bonds is 4. The Morgan fingerprint density at radius 3 is 2.62 bits per heavy atom. The van der Waals surface area contributed by atoms with E-state index in [1.807, 2.05) is 35.7 Å². The van der Waals surface area contributed by atoms with Gasteiger partial charge < -0.3 is 14.6 Å². The van der Waals surface area contributed by atoms with Gasteiger partial charge >= 0.3 is 5.97 Å². The number of hydrogen-bond donors (Lipinski definition) is 1. The van der Waals surface area contributed by atoms with E-state index in [2.05, 4.69) is 10.5 Å². The summed E-state index contributed by atoms with van der Waals surface area (Å²) in [5.74, 6) is -0.426. The number of carbonyl (C=O) groups is 2. The standard InChI is InChI=1S/C17H14N2O4S/c1-10-8-13(19-23-10)15(20)18-16-14(17(21)22-2)12(9-24-16)11-6-4-3-5-7-11/h3-9H,1-2H3,(H,18,20). The summed E-state index contributed by atoms with van der Waals surface area (Å²) in [5, 5.41) is 8.59. The minimum atomic E-state index is -0.512. The highest BCUT2D eigenvalue weighted by Crippen LogP contribution is 2.36. The number of aromatic nitrogens is 1. The number of esters is 1. The van der Waals surface area contributed by atoms with Crippen molar-refractivity contribution in [1.29, 1.82) is 0 Å². The molecule has 0 aliphatic carbocycles. The SMILES string of the molecule is COC(=O)c1c(-c2ccccc2)csc1NC(=O)c1cc(C)on1. The van der Waals surface area contributed by atoms with Gasteiger partial charge in [0, 0.05) is 17.0 Å². The summed E-state index contributed by atoms with van der Waals surface area (Å²) in [6.45, 7) is 1.70. The second-order valence-corrected chi connectivity index (χ2v) is 5.87. The van der Waals surface area contributed by atoms with Crippen molar-refractivity contribution in [3.05, 3.63) is 58.8 Å². The molecule has 24 heavy (non-hydrogen) atoms. The van der Waals surface area contributed by atoms with Crippen molar-refractivity contribution in [2.45, 2.75) is 6.92 Å². The van der Waals surface area contributed by atoms with Gasteiger partial charge in [-0.3, -0.25) is 4.79 Å². The van der Waals surface area contributed by atoms with Gasteiger partial charge in [0.05, 0.1) is 7.11 Å². The van der Waals surface area contributed by atoms with Crippen LogP contribution in [-0.2, 0) is 4.74 Å². The lowest BCUT2D eigenvalue weighted by Gasteiger charge is -2.06. The van der Waals surface area contributed by atoms with Gasteiger partial charge in [0.25, 0.3) is 5.91 Å². The molecule has 1 aromatic carbocycles. The van der Waals surface area contributed by atoms with Crippen LogP contribution in [0, 0.1) is 6.92 Å². The van der Waals surface area contributed by atoms with E-state index >= 15 is 0 Å². The molecule has 3 aromatic rings. The maximum Gasteiger partial charge on any atom is 0.341 e. The van der Waals surface area contributed by atoms with E-state index in [9.17, 15) is 9.59 Å². The number of amides is 1. The van der Waals surface area contributed by atoms with Crippen molar-refractivity contribution in [1.82, 2.24) is 5.16 Å². The third kappa shape index (κ3) is 3.07. The average molecular weight is 342 g/mol. The molecule has 3 rings (SSSR count). The van der Waals surface area contributed by atoms with Crippen LogP contribution >= 0.6 is 11.3 Å². The number of benzene rings is 1. The zero-order valence-electron chi connectivity index (χ0n) is 13.0. The zero-order chi connectivity index (χ0) is 17.1. The van der Waals surface area contributed by atoms with Crippen molar-refractivity contribution in [3.63, 3.8) is 0 Å². The van der Waals surface area contributed by atoms with Crippen LogP contribution in [0.5, 0.6) is 0 Å². The van der Waals surface area contributed by atoms with Crippen LogP contribution in [0.25, 0.3) is 11.1 Å². The number of thiophene rings is 1. The lowest BCUT2D eigenvalue weighted by molar-refractivity contribution is 0.0603. The van der Waals surface area contributed by atoms with Gasteiger partial charge in [-0.15, -0.1) is 11.3 Å². The average Bonchev–Trinajstić information content (AvgIpc) is 3.21. The van der Waals surface area contributed by atoms with Crippen molar-refractivity contribution in [2.75, 3.05) is 12.4 Å². The summed E-state index contributed by atoms with van der Waals surface area (Å²) in [4.78, 5) is 24.5. The Hall–Kier alpha value is -2.93. The number of nitrogens with one attached hydrogen (secondary N) is 1. The molecule has 2 heterocycles. The number of carbonyl (C=O) groups excluding carboxylic acids is 2. The van der Waals surface area contributed by atoms with Crippen LogP contribution < -0.4 is 5.32 Å². The first-order valence-electron chi connectivity index (χ1n) is 7.10. The van der Waals surface area contributed by atoms with Crippen LogP contribution in [0.3, 0.4) is 0 Å². The first-order valence-corrected chi connectivity index (χ1v) is 7.98. The monoisotopic (exact) mass is 342 g/mol. The van der Waals surface area contributed by atoms with Crippen LogP contribution in [0.15, 0.2) is 46.3 Å². The molecular formula is C17H14N2O4S. The van der Waals surface area contributed by atoms with Crippen molar-refractivity contribution in [2.24, 2.45) is 0 Å². The molecule has 0 aliphatic heterocycles. The lowest BCUT2D eigenvalue weighted by atomic mass is 10.0. The number of anilines is 1. The molecule has 1 amide bonds. The quantitative estimate of drug-likeness (QED) is 0.730. The summed E-state index contributed by atoms with van der Waals surface area (Å²) in [5.41, 5.74) is 2.05. The van der Waals surface area contributed by atoms with E-state index in [-0.39, 0.29) is 5.69 Å². The van der Waals surface area contributed by atoms with Gasteiger partial charge in [0.2, 0.25) is 0 Å². The molecule has 0 saturated carbocycles. The maximum absolute atomic E-state index is 12.3. The third-order valence-electron chi connectivity index (χ3n) is 3.35. The fourth-order valence-electron chi connectivity index (χ4n) is 2.23. The molecule has 6 nitrogen and oxygen atoms in total. The molecule has 122 valence electrons. The van der Waals surface area contributed by atoms with Crippen LogP contribution in [-0.4, -0.2) is 24.1 Å². The highest BCUT2D eigenvalue weighted by Gasteiger charge is 2.23. The molecule has 0 saturated heterocycles. The second-order valence-electron chi connectivity index (χ2n) is 4.99. The summed E-state index contributed by atoms with van der Waals surface area (Å²) in [6.07, 6.45) is 0. The Balaban J connectivity index is 1.98. The number of ether oxygens (including phenoxy) is 1. The Kier molecular flexibility index (Phi) is 4.43. The Morgan fingerprint density at radius 1 is 1.25 bits per heavy atom. The van der Waals surface area contributed by atoms with E-state index in [1.54, 1.807) is 6.92 Å². The van der Waals surface area contributed by atoms with E-state index in [1.165, 1.54) is 24.5 Å². The molecule has 0 aliphatic rings. The smallest absolute Gasteiger partial charge is 0.341 e. The topological polar surface area (TPSA) is 81.4 Å². The molecule has 0 unspecified atom stereocenters. The Bertz CT molecular complexity index is 883. The molecular weight excluding hydrogens is 328 g/mol. The Labute approximate surface area is 142 Å². The molecule has 0 bridgehead atoms. The van der Waals surface area contributed by atoms with Gasteiger partial charge in [0.1, 0.15) is 16.3 Å².